The van der Waals surface area contributed by atoms with Crippen LogP contribution >= 0.6 is 0 Å². The molecule has 1 aliphatic rings. The van der Waals surface area contributed by atoms with Gasteiger partial charge in [-0.2, -0.15) is 4.31 Å². The summed E-state index contributed by atoms with van der Waals surface area (Å²) in [4.78, 5) is 18.5. The third-order valence-electron chi connectivity index (χ3n) is 4.69. The third kappa shape index (κ3) is 5.91. The van der Waals surface area contributed by atoms with Crippen LogP contribution in [0.15, 0.2) is 54.7 Å². The summed E-state index contributed by atoms with van der Waals surface area (Å²) in [6.45, 7) is 3.66. The van der Waals surface area contributed by atoms with E-state index in [4.69, 9.17) is 4.74 Å². The van der Waals surface area contributed by atoms with Gasteiger partial charge >= 0.3 is 0 Å². The van der Waals surface area contributed by atoms with Crippen molar-refractivity contribution in [3.63, 3.8) is 0 Å². The number of amides is 1. The molecule has 1 aliphatic heterocycles. The van der Waals surface area contributed by atoms with E-state index in [1.165, 1.54) is 4.31 Å². The minimum atomic E-state index is -3.44. The SMILES string of the molecule is C[C@@H](Oc1ccccc1)C(=O)NCCS(=O)(=O)N1CCN(c2ccccn2)CC1. The molecule has 1 saturated heterocycles. The fourth-order valence-electron chi connectivity index (χ4n) is 3.07. The number of para-hydroxylation sites is 1. The first kappa shape index (κ1) is 21.1. The molecule has 1 atom stereocenters. The number of rotatable bonds is 8. The summed E-state index contributed by atoms with van der Waals surface area (Å²) in [5, 5.41) is 2.64. The number of nitrogens with zero attached hydrogens (tertiary/aromatic N) is 3. The Balaban J connectivity index is 1.42. The van der Waals surface area contributed by atoms with E-state index in [0.717, 1.165) is 5.82 Å². The number of hydrogen-bond donors (Lipinski definition) is 1. The Morgan fingerprint density at radius 2 is 1.79 bits per heavy atom. The molecule has 9 heteroatoms. The first-order valence-electron chi connectivity index (χ1n) is 9.59. The maximum absolute atomic E-state index is 12.6. The number of sulfonamides is 1. The lowest BCUT2D eigenvalue weighted by Gasteiger charge is -2.34. The molecule has 2 aromatic rings. The fraction of sp³-hybridized carbons (Fsp3) is 0.400. The maximum atomic E-state index is 12.6. The van der Waals surface area contributed by atoms with Gasteiger partial charge in [0, 0.05) is 38.9 Å². The lowest BCUT2D eigenvalue weighted by atomic mass is 10.3. The summed E-state index contributed by atoms with van der Waals surface area (Å²) in [5.41, 5.74) is 0. The predicted molar refractivity (Wildman–Crippen MR) is 111 cm³/mol. The van der Waals surface area contributed by atoms with Crippen molar-refractivity contribution in [2.45, 2.75) is 13.0 Å². The van der Waals surface area contributed by atoms with Gasteiger partial charge in [0.05, 0.1) is 5.75 Å². The van der Waals surface area contributed by atoms with Crippen molar-refractivity contribution < 1.29 is 17.9 Å². The van der Waals surface area contributed by atoms with Crippen molar-refractivity contribution in [1.29, 1.82) is 0 Å². The molecule has 8 nitrogen and oxygen atoms in total. The maximum Gasteiger partial charge on any atom is 0.260 e. The van der Waals surface area contributed by atoms with Crippen LogP contribution < -0.4 is 15.0 Å². The van der Waals surface area contributed by atoms with Crippen LogP contribution in [0.25, 0.3) is 0 Å². The van der Waals surface area contributed by atoms with Crippen molar-refractivity contribution in [3.05, 3.63) is 54.7 Å². The van der Waals surface area contributed by atoms with Crippen LogP contribution in [-0.4, -0.2) is 68.2 Å². The number of carbonyl (C=O) groups excluding carboxylic acids is 1. The zero-order valence-corrected chi connectivity index (χ0v) is 17.2. The first-order chi connectivity index (χ1) is 14.0. The van der Waals surface area contributed by atoms with E-state index in [1.807, 2.05) is 36.4 Å². The summed E-state index contributed by atoms with van der Waals surface area (Å²) >= 11 is 0. The highest BCUT2D eigenvalue weighted by Gasteiger charge is 2.27. The second kappa shape index (κ2) is 9.71. The molecule has 1 aromatic carbocycles. The summed E-state index contributed by atoms with van der Waals surface area (Å²) in [6, 6.07) is 14.7. The minimum absolute atomic E-state index is 0.0457. The van der Waals surface area contributed by atoms with Crippen molar-refractivity contribution in [1.82, 2.24) is 14.6 Å². The van der Waals surface area contributed by atoms with Crippen LogP contribution in [0.5, 0.6) is 5.75 Å². The van der Waals surface area contributed by atoms with Gasteiger partial charge in [-0.3, -0.25) is 4.79 Å². The molecule has 0 bridgehead atoms. The van der Waals surface area contributed by atoms with E-state index in [1.54, 1.807) is 25.3 Å². The van der Waals surface area contributed by atoms with Gasteiger partial charge in [0.15, 0.2) is 6.10 Å². The molecule has 1 N–H and O–H groups in total. The Hall–Kier alpha value is -2.65. The van der Waals surface area contributed by atoms with Gasteiger partial charge in [0.25, 0.3) is 5.91 Å². The van der Waals surface area contributed by atoms with E-state index < -0.39 is 16.1 Å². The molecule has 1 fully saturated rings. The number of anilines is 1. The number of carbonyl (C=O) groups is 1. The minimum Gasteiger partial charge on any atom is -0.481 e. The monoisotopic (exact) mass is 418 g/mol. The number of nitrogens with one attached hydrogen (secondary N) is 1. The third-order valence-corrected chi connectivity index (χ3v) is 6.56. The molecule has 0 spiro atoms. The molecule has 29 heavy (non-hydrogen) atoms. The molecular weight excluding hydrogens is 392 g/mol. The average Bonchev–Trinajstić information content (AvgIpc) is 2.75. The van der Waals surface area contributed by atoms with E-state index >= 15 is 0 Å². The van der Waals surface area contributed by atoms with E-state index in [9.17, 15) is 13.2 Å². The van der Waals surface area contributed by atoms with Gasteiger partial charge in [-0.1, -0.05) is 24.3 Å². The largest absolute Gasteiger partial charge is 0.481 e. The number of benzene rings is 1. The summed E-state index contributed by atoms with van der Waals surface area (Å²) in [6.07, 6.45) is 1.02. The molecule has 0 aliphatic carbocycles. The van der Waals surface area contributed by atoms with Crippen LogP contribution in [0.2, 0.25) is 0 Å². The van der Waals surface area contributed by atoms with E-state index in [2.05, 4.69) is 15.2 Å². The highest BCUT2D eigenvalue weighted by molar-refractivity contribution is 7.89. The normalized spacial score (nSPS) is 16.2. The van der Waals surface area contributed by atoms with Crippen molar-refractivity contribution >= 4 is 21.7 Å². The van der Waals surface area contributed by atoms with Crippen molar-refractivity contribution in [2.24, 2.45) is 0 Å². The van der Waals surface area contributed by atoms with Gasteiger partial charge in [-0.25, -0.2) is 13.4 Å². The van der Waals surface area contributed by atoms with Crippen LogP contribution in [0.3, 0.4) is 0 Å². The standard InChI is InChI=1S/C20H26N4O4S/c1-17(28-18-7-3-2-4-8-18)20(25)22-11-16-29(26,27)24-14-12-23(13-15-24)19-9-5-6-10-21-19/h2-10,17H,11-16H2,1H3,(H,22,25)/t17-/m1/s1. The molecule has 0 radical (unpaired) electrons. The Labute approximate surface area is 171 Å². The van der Waals surface area contributed by atoms with Gasteiger partial charge in [-0.05, 0) is 31.2 Å². The second-order valence-electron chi connectivity index (χ2n) is 6.75. The molecular formula is C20H26N4O4S. The van der Waals surface area contributed by atoms with Crippen LogP contribution in [0.1, 0.15) is 6.92 Å². The molecule has 0 saturated carbocycles. The Morgan fingerprint density at radius 3 is 2.45 bits per heavy atom. The van der Waals surface area contributed by atoms with Gasteiger partial charge in [0.1, 0.15) is 11.6 Å². The van der Waals surface area contributed by atoms with E-state index in [0.29, 0.717) is 31.9 Å². The number of aromatic nitrogens is 1. The predicted octanol–water partition coefficient (Wildman–Crippen LogP) is 1.12. The smallest absolute Gasteiger partial charge is 0.260 e. The Bertz CT molecular complexity index is 885. The molecule has 1 aromatic heterocycles. The summed E-state index contributed by atoms with van der Waals surface area (Å²) in [5.74, 6) is 0.960. The topological polar surface area (TPSA) is 91.8 Å². The second-order valence-corrected chi connectivity index (χ2v) is 8.84. The van der Waals surface area contributed by atoms with Crippen molar-refractivity contribution in [3.8, 4) is 5.75 Å². The molecule has 3 rings (SSSR count). The Morgan fingerprint density at radius 1 is 1.10 bits per heavy atom. The number of piperazine rings is 1. The Kier molecular flexibility index (Phi) is 7.05. The van der Waals surface area contributed by atoms with Crippen LogP contribution in [0, 0.1) is 0 Å². The molecule has 2 heterocycles. The number of ether oxygens (including phenoxy) is 1. The highest BCUT2D eigenvalue weighted by Crippen LogP contribution is 2.15. The van der Waals surface area contributed by atoms with Gasteiger partial charge in [0.2, 0.25) is 10.0 Å². The lowest BCUT2D eigenvalue weighted by Crippen LogP contribution is -2.50. The van der Waals surface area contributed by atoms with Crippen LogP contribution in [0.4, 0.5) is 5.82 Å². The van der Waals surface area contributed by atoms with Crippen molar-refractivity contribution in [2.75, 3.05) is 43.4 Å². The quantitative estimate of drug-likeness (QED) is 0.691. The average molecular weight is 419 g/mol. The zero-order valence-electron chi connectivity index (χ0n) is 16.4. The molecule has 0 unspecified atom stereocenters. The zero-order chi connectivity index (χ0) is 20.7. The number of hydrogen-bond acceptors (Lipinski definition) is 6. The summed E-state index contributed by atoms with van der Waals surface area (Å²) in [7, 11) is -3.44. The van der Waals surface area contributed by atoms with Gasteiger partial charge < -0.3 is 15.0 Å². The van der Waals surface area contributed by atoms with Gasteiger partial charge in [-0.15, -0.1) is 0 Å². The summed E-state index contributed by atoms with van der Waals surface area (Å²) < 4.78 is 32.2. The van der Waals surface area contributed by atoms with Crippen LogP contribution in [-0.2, 0) is 14.8 Å². The lowest BCUT2D eigenvalue weighted by molar-refractivity contribution is -0.127. The van der Waals surface area contributed by atoms with E-state index in [-0.39, 0.29) is 18.2 Å². The first-order valence-corrected chi connectivity index (χ1v) is 11.2. The molecule has 156 valence electrons. The molecule has 1 amide bonds. The fourth-order valence-corrected chi connectivity index (χ4v) is 4.41. The highest BCUT2D eigenvalue weighted by atomic mass is 32.2. The number of pyridine rings is 1.